The Morgan fingerprint density at radius 2 is 1.51 bits per heavy atom. The normalized spacial score (nSPS) is 14.9. The minimum Gasteiger partial charge on any atom is -0.491 e. The number of quaternary nitrogens is 1. The molecule has 49 heavy (non-hydrogen) atoms. The van der Waals surface area contributed by atoms with Crippen LogP contribution in [0.3, 0.4) is 0 Å². The van der Waals surface area contributed by atoms with Crippen LogP contribution in [0, 0.1) is 23.7 Å². The second-order valence-corrected chi connectivity index (χ2v) is 19.8. The summed E-state index contributed by atoms with van der Waals surface area (Å²) in [6.45, 7) is 25.2. The van der Waals surface area contributed by atoms with Crippen LogP contribution in [0.15, 0.2) is 36.4 Å². The van der Waals surface area contributed by atoms with E-state index in [9.17, 15) is 0 Å². The molecule has 2 aromatic rings. The van der Waals surface area contributed by atoms with E-state index in [4.69, 9.17) is 9.47 Å². The molecule has 1 aliphatic heterocycles. The van der Waals surface area contributed by atoms with Gasteiger partial charge in [-0.25, -0.2) is 0 Å². The molecular formula is C41H61I2N4O2+. The second kappa shape index (κ2) is 20.5. The number of nitrogens with one attached hydrogen (secondary N) is 1. The predicted molar refractivity (Wildman–Crippen MR) is 225 cm³/mol. The van der Waals surface area contributed by atoms with Crippen molar-refractivity contribution < 1.29 is 14.0 Å². The highest BCUT2D eigenvalue weighted by molar-refractivity contribution is 14.1. The molecule has 0 aromatic heterocycles. The lowest BCUT2D eigenvalue weighted by Gasteiger charge is -2.43. The summed E-state index contributed by atoms with van der Waals surface area (Å²) in [5.41, 5.74) is 3.93. The lowest BCUT2D eigenvalue weighted by molar-refractivity contribution is -0.930. The van der Waals surface area contributed by atoms with Crippen molar-refractivity contribution in [2.75, 3.05) is 92.8 Å². The number of piperazine rings is 1. The van der Waals surface area contributed by atoms with Crippen LogP contribution in [-0.2, 0) is 3.42 Å². The van der Waals surface area contributed by atoms with E-state index in [1.54, 1.807) is 0 Å². The molecule has 0 spiro atoms. The topological polar surface area (TPSA) is 37.0 Å². The van der Waals surface area contributed by atoms with E-state index < -0.39 is 0 Å². The zero-order valence-electron chi connectivity index (χ0n) is 31.5. The van der Waals surface area contributed by atoms with Crippen LogP contribution in [0.1, 0.15) is 83.1 Å². The molecule has 1 aliphatic rings. The summed E-state index contributed by atoms with van der Waals surface area (Å²) in [4.78, 5) is 4.84. The number of nitrogens with zero attached hydrogens (tertiary/aromatic N) is 3. The number of unbranched alkanes of at least 4 members (excludes halogenated alkanes) is 2. The van der Waals surface area contributed by atoms with Gasteiger partial charge in [0, 0.05) is 52.8 Å². The van der Waals surface area contributed by atoms with Gasteiger partial charge < -0.3 is 24.2 Å². The number of likely N-dealkylation sites (N-methyl/N-ethyl adjacent to an activating group) is 3. The van der Waals surface area contributed by atoms with Crippen molar-refractivity contribution >= 4 is 45.2 Å². The van der Waals surface area contributed by atoms with Crippen molar-refractivity contribution in [3.8, 4) is 35.2 Å². The Hall–Kier alpha value is -1.54. The first-order chi connectivity index (χ1) is 23.2. The number of rotatable bonds is 17. The van der Waals surface area contributed by atoms with Gasteiger partial charge >= 0.3 is 0 Å². The van der Waals surface area contributed by atoms with Crippen molar-refractivity contribution in [3.63, 3.8) is 0 Å². The molecule has 0 atom stereocenters. The first kappa shape index (κ1) is 41.9. The van der Waals surface area contributed by atoms with Crippen LogP contribution >= 0.6 is 45.2 Å². The minimum atomic E-state index is -0.147. The lowest BCUT2D eigenvalue weighted by atomic mass is 9.99. The molecule has 3 rings (SSSR count). The Morgan fingerprint density at radius 1 is 0.857 bits per heavy atom. The Morgan fingerprint density at radius 3 is 2.12 bits per heavy atom. The van der Waals surface area contributed by atoms with Gasteiger partial charge in [0.05, 0.1) is 28.6 Å². The lowest BCUT2D eigenvalue weighted by Crippen LogP contribution is -2.60. The van der Waals surface area contributed by atoms with E-state index in [0.29, 0.717) is 13.2 Å². The number of ether oxygens (including phenoxy) is 2. The second-order valence-electron chi connectivity index (χ2n) is 14.5. The molecular weight excluding hydrogens is 834 g/mol. The van der Waals surface area contributed by atoms with Crippen molar-refractivity contribution in [1.29, 1.82) is 0 Å². The molecule has 0 bridgehead atoms. The third-order valence-electron chi connectivity index (χ3n) is 9.21. The smallest absolute Gasteiger partial charge is 0.137 e. The van der Waals surface area contributed by atoms with Crippen molar-refractivity contribution in [3.05, 3.63) is 58.7 Å². The summed E-state index contributed by atoms with van der Waals surface area (Å²) >= 11 is 4.87. The first-order valence-corrected chi connectivity index (χ1v) is 20.3. The number of benzene rings is 2. The molecule has 8 heteroatoms. The monoisotopic (exact) mass is 895 g/mol. The fourth-order valence-corrected chi connectivity index (χ4v) is 6.32. The summed E-state index contributed by atoms with van der Waals surface area (Å²) in [6, 6.07) is 12.5. The van der Waals surface area contributed by atoms with E-state index in [2.05, 4.69) is 152 Å². The summed E-state index contributed by atoms with van der Waals surface area (Å²) in [5.74, 6) is 15.1. The first-order valence-electron chi connectivity index (χ1n) is 18.1. The molecule has 0 amide bonds. The zero-order valence-corrected chi connectivity index (χ0v) is 35.8. The van der Waals surface area contributed by atoms with Crippen LogP contribution in [-0.4, -0.2) is 110 Å². The van der Waals surface area contributed by atoms with Crippen LogP contribution in [0.5, 0.6) is 11.5 Å². The largest absolute Gasteiger partial charge is 0.491 e. The Bertz CT molecular complexity index is 1420. The minimum absolute atomic E-state index is 0.0610. The molecule has 6 nitrogen and oxygen atoms in total. The fourth-order valence-electron chi connectivity index (χ4n) is 5.77. The molecule has 1 N–H and O–H groups in total. The number of hydrogen-bond donors (Lipinski definition) is 1. The van der Waals surface area contributed by atoms with Crippen LogP contribution in [0.2, 0.25) is 0 Å². The highest BCUT2D eigenvalue weighted by Crippen LogP contribution is 2.41. The molecule has 2 aromatic carbocycles. The molecule has 270 valence electrons. The average Bonchev–Trinajstić information content (AvgIpc) is 3.05. The van der Waals surface area contributed by atoms with Crippen molar-refractivity contribution in [2.45, 2.75) is 67.6 Å². The summed E-state index contributed by atoms with van der Waals surface area (Å²) in [7, 11) is 4.43. The van der Waals surface area contributed by atoms with Gasteiger partial charge in [0.15, 0.2) is 0 Å². The Kier molecular flexibility index (Phi) is 17.5. The molecule has 0 aliphatic carbocycles. The number of halogens is 2. The third-order valence-corrected chi connectivity index (χ3v) is 10.1. The Balaban J connectivity index is 1.81. The Labute approximate surface area is 326 Å². The number of hydrogen-bond acceptors (Lipinski definition) is 5. The number of alkyl halides is 2. The predicted octanol–water partition coefficient (Wildman–Crippen LogP) is 7.57. The highest BCUT2D eigenvalue weighted by Gasteiger charge is 2.30. The SMILES string of the molecule is CCCCCN(C)CCNCCOc1cc(C(C)(C)I)c(OCC[N+]2(CC)CCN(C)CC2)cc1C#Cc1ccc(C#CC(C)(C)I)cc1. The van der Waals surface area contributed by atoms with Gasteiger partial charge in [-0.15, -0.1) is 0 Å². The van der Waals surface area contributed by atoms with Gasteiger partial charge in [-0.1, -0.05) is 88.6 Å². The van der Waals surface area contributed by atoms with Gasteiger partial charge in [0.25, 0.3) is 0 Å². The van der Waals surface area contributed by atoms with E-state index in [1.807, 2.05) is 24.3 Å². The van der Waals surface area contributed by atoms with Gasteiger partial charge in [-0.3, -0.25) is 4.90 Å². The molecule has 1 saturated heterocycles. The molecule has 0 unspecified atom stereocenters. The summed E-state index contributed by atoms with van der Waals surface area (Å²) in [6.07, 6.45) is 3.82. The zero-order chi connectivity index (χ0) is 35.9. The van der Waals surface area contributed by atoms with Gasteiger partial charge in [-0.05, 0) is 98.1 Å². The molecule has 1 fully saturated rings. The van der Waals surface area contributed by atoms with Crippen molar-refractivity contribution in [2.24, 2.45) is 0 Å². The summed E-state index contributed by atoms with van der Waals surface area (Å²) in [5, 5.41) is 3.56. The summed E-state index contributed by atoms with van der Waals surface area (Å²) < 4.78 is 14.0. The van der Waals surface area contributed by atoms with Gasteiger partial charge in [-0.2, -0.15) is 0 Å². The van der Waals surface area contributed by atoms with E-state index >= 15 is 0 Å². The highest BCUT2D eigenvalue weighted by atomic mass is 127. The van der Waals surface area contributed by atoms with Gasteiger partial charge in [0.2, 0.25) is 0 Å². The fraction of sp³-hybridized carbons (Fsp3) is 0.610. The van der Waals surface area contributed by atoms with Crippen LogP contribution < -0.4 is 14.8 Å². The van der Waals surface area contributed by atoms with E-state index in [1.165, 1.54) is 32.4 Å². The van der Waals surface area contributed by atoms with Crippen LogP contribution in [0.25, 0.3) is 0 Å². The van der Waals surface area contributed by atoms with E-state index in [0.717, 1.165) is 90.6 Å². The quantitative estimate of drug-likeness (QED) is 0.0584. The van der Waals surface area contributed by atoms with E-state index in [-0.39, 0.29) is 6.84 Å². The third kappa shape index (κ3) is 15.3. The average molecular weight is 896 g/mol. The van der Waals surface area contributed by atoms with Crippen LogP contribution in [0.4, 0.5) is 0 Å². The maximum absolute atomic E-state index is 6.66. The van der Waals surface area contributed by atoms with Crippen molar-refractivity contribution in [1.82, 2.24) is 15.1 Å². The maximum atomic E-state index is 6.66. The molecule has 0 radical (unpaired) electrons. The maximum Gasteiger partial charge on any atom is 0.137 e. The molecule has 1 heterocycles. The molecule has 0 saturated carbocycles. The van der Waals surface area contributed by atoms with Gasteiger partial charge in [0.1, 0.15) is 31.3 Å². The standard InChI is InChI=1S/C41H61I2N4O2/c1-9-11-12-23-45(7)24-21-44-22-30-48-38-33-37(41(5,6)43)39(49-31-29-47(10-2)27-25-46(8)26-28-47)32-36(38)18-17-34-13-15-35(16-14-34)19-20-40(3,4)42/h13-16,32-33,44H,9-12,21-31H2,1-8H3/q+1.